The van der Waals surface area contributed by atoms with Gasteiger partial charge in [-0.1, -0.05) is 21.3 Å². The van der Waals surface area contributed by atoms with Crippen LogP contribution in [0.2, 0.25) is 0 Å². The van der Waals surface area contributed by atoms with Gasteiger partial charge in [0, 0.05) is 6.04 Å². The molecule has 80 valence electrons. The maximum absolute atomic E-state index is 2.54. The lowest BCUT2D eigenvalue weighted by Gasteiger charge is -2.35. The lowest BCUT2D eigenvalue weighted by atomic mass is 10.0. The zero-order chi connectivity index (χ0) is 8.97. The van der Waals surface area contributed by atoms with Crippen molar-refractivity contribution in [2.75, 3.05) is 33.2 Å². The van der Waals surface area contributed by atoms with E-state index in [1.54, 1.807) is 0 Å². The fraction of sp³-hybridized carbons (Fsp3) is 1.00. The summed E-state index contributed by atoms with van der Waals surface area (Å²) in [5.74, 6) is 0. The van der Waals surface area contributed by atoms with E-state index in [4.69, 9.17) is 0 Å². The van der Waals surface area contributed by atoms with Gasteiger partial charge in [-0.05, 0) is 46.1 Å². The maximum Gasteiger partial charge on any atom is 0.0116 e. The van der Waals surface area contributed by atoms with E-state index < -0.39 is 0 Å². The van der Waals surface area contributed by atoms with Gasteiger partial charge in [0.2, 0.25) is 0 Å². The second-order valence-electron chi connectivity index (χ2n) is 3.74. The van der Waals surface area contributed by atoms with Crippen LogP contribution in [0.4, 0.5) is 0 Å². The highest BCUT2D eigenvalue weighted by Gasteiger charge is 2.19. The third kappa shape index (κ3) is 3.65. The van der Waals surface area contributed by atoms with Crippen LogP contribution >= 0.6 is 0 Å². The molecule has 0 aromatic rings. The molecule has 1 aliphatic heterocycles. The molecule has 1 heterocycles. The molecular formula is C11H26N2. The van der Waals surface area contributed by atoms with E-state index in [9.17, 15) is 0 Å². The van der Waals surface area contributed by atoms with Crippen LogP contribution < -0.4 is 0 Å². The minimum absolute atomic E-state index is 0. The predicted molar refractivity (Wildman–Crippen MR) is 60.2 cm³/mol. The molecule has 1 rings (SSSR count). The van der Waals surface area contributed by atoms with E-state index in [1.807, 2.05) is 0 Å². The van der Waals surface area contributed by atoms with Crippen molar-refractivity contribution in [1.82, 2.24) is 9.80 Å². The molecule has 1 fully saturated rings. The standard InChI is InChI=1S/C10H22N2.CH4/c1-4-11(3)10-6-8-12(5-2)9-7-10;/h10H,4-9H2,1-3H3;1H4. The first-order valence-electron chi connectivity index (χ1n) is 5.20. The molecule has 0 aliphatic carbocycles. The third-order valence-electron chi connectivity index (χ3n) is 3.13. The normalized spacial score (nSPS) is 20.3. The summed E-state index contributed by atoms with van der Waals surface area (Å²) in [6.45, 7) is 9.51. The van der Waals surface area contributed by atoms with E-state index >= 15 is 0 Å². The molecule has 1 aliphatic rings. The van der Waals surface area contributed by atoms with Crippen molar-refractivity contribution in [3.63, 3.8) is 0 Å². The fourth-order valence-electron chi connectivity index (χ4n) is 1.93. The number of nitrogens with zero attached hydrogens (tertiary/aromatic N) is 2. The van der Waals surface area contributed by atoms with Crippen molar-refractivity contribution in [1.29, 1.82) is 0 Å². The first-order chi connectivity index (χ1) is 5.77. The molecule has 0 bridgehead atoms. The Hall–Kier alpha value is -0.0800. The van der Waals surface area contributed by atoms with Crippen LogP contribution in [0.1, 0.15) is 34.1 Å². The molecule has 0 aromatic carbocycles. The van der Waals surface area contributed by atoms with Gasteiger partial charge in [-0.15, -0.1) is 0 Å². The Morgan fingerprint density at radius 1 is 1.23 bits per heavy atom. The third-order valence-corrected chi connectivity index (χ3v) is 3.13. The molecule has 2 nitrogen and oxygen atoms in total. The van der Waals surface area contributed by atoms with Crippen molar-refractivity contribution in [3.05, 3.63) is 0 Å². The van der Waals surface area contributed by atoms with Crippen LogP contribution in [0.3, 0.4) is 0 Å². The average Bonchev–Trinajstić information content (AvgIpc) is 2.17. The SMILES string of the molecule is C.CCN1CCC(N(C)CC)CC1. The second-order valence-corrected chi connectivity index (χ2v) is 3.74. The van der Waals surface area contributed by atoms with Crippen LogP contribution in [0, 0.1) is 0 Å². The lowest BCUT2D eigenvalue weighted by Crippen LogP contribution is -2.43. The van der Waals surface area contributed by atoms with Crippen molar-refractivity contribution in [2.45, 2.75) is 40.2 Å². The van der Waals surface area contributed by atoms with Gasteiger partial charge in [-0.25, -0.2) is 0 Å². The van der Waals surface area contributed by atoms with Crippen LogP contribution in [-0.2, 0) is 0 Å². The number of hydrogen-bond donors (Lipinski definition) is 0. The summed E-state index contributed by atoms with van der Waals surface area (Å²) in [5, 5.41) is 0. The van der Waals surface area contributed by atoms with Crippen molar-refractivity contribution >= 4 is 0 Å². The molecule has 0 spiro atoms. The average molecular weight is 186 g/mol. The van der Waals surface area contributed by atoms with E-state index in [0.717, 1.165) is 6.04 Å². The Kier molecular flexibility index (Phi) is 6.35. The van der Waals surface area contributed by atoms with Gasteiger partial charge in [0.05, 0.1) is 0 Å². The monoisotopic (exact) mass is 186 g/mol. The minimum Gasteiger partial charge on any atom is -0.304 e. The number of likely N-dealkylation sites (tertiary alicyclic amines) is 1. The topological polar surface area (TPSA) is 6.48 Å². The van der Waals surface area contributed by atoms with Crippen LogP contribution in [0.5, 0.6) is 0 Å². The molecule has 13 heavy (non-hydrogen) atoms. The first-order valence-corrected chi connectivity index (χ1v) is 5.20. The smallest absolute Gasteiger partial charge is 0.0116 e. The fourth-order valence-corrected chi connectivity index (χ4v) is 1.93. The summed E-state index contributed by atoms with van der Waals surface area (Å²) >= 11 is 0. The summed E-state index contributed by atoms with van der Waals surface area (Å²) in [6, 6.07) is 0.845. The highest BCUT2D eigenvalue weighted by atomic mass is 15.2. The Morgan fingerprint density at radius 3 is 2.15 bits per heavy atom. The summed E-state index contributed by atoms with van der Waals surface area (Å²) in [6.07, 6.45) is 2.72. The molecule has 2 heteroatoms. The van der Waals surface area contributed by atoms with Gasteiger partial charge < -0.3 is 9.80 Å². The van der Waals surface area contributed by atoms with Crippen molar-refractivity contribution < 1.29 is 0 Å². The van der Waals surface area contributed by atoms with Crippen molar-refractivity contribution in [3.8, 4) is 0 Å². The Labute approximate surface area is 83.9 Å². The second kappa shape index (κ2) is 6.39. The predicted octanol–water partition coefficient (Wildman–Crippen LogP) is 2.06. The molecule has 0 atom stereocenters. The molecule has 0 saturated carbocycles. The number of rotatable bonds is 3. The molecular weight excluding hydrogens is 160 g/mol. The Morgan fingerprint density at radius 2 is 1.77 bits per heavy atom. The van der Waals surface area contributed by atoms with E-state index in [-0.39, 0.29) is 7.43 Å². The molecule has 0 unspecified atom stereocenters. The van der Waals surface area contributed by atoms with Gasteiger partial charge in [0.25, 0.3) is 0 Å². The Balaban J connectivity index is 0.00000144. The quantitative estimate of drug-likeness (QED) is 0.665. The highest BCUT2D eigenvalue weighted by Crippen LogP contribution is 2.14. The molecule has 1 saturated heterocycles. The highest BCUT2D eigenvalue weighted by molar-refractivity contribution is 4.76. The largest absolute Gasteiger partial charge is 0.304 e. The van der Waals surface area contributed by atoms with Crippen molar-refractivity contribution in [2.24, 2.45) is 0 Å². The molecule has 0 radical (unpaired) electrons. The summed E-state index contributed by atoms with van der Waals surface area (Å²) in [4.78, 5) is 5.02. The molecule has 0 amide bonds. The van der Waals surface area contributed by atoms with Gasteiger partial charge in [-0.3, -0.25) is 0 Å². The first kappa shape index (κ1) is 12.9. The zero-order valence-corrected chi connectivity index (χ0v) is 8.71. The van der Waals surface area contributed by atoms with Gasteiger partial charge in [-0.2, -0.15) is 0 Å². The molecule has 0 aromatic heterocycles. The number of piperidine rings is 1. The summed E-state index contributed by atoms with van der Waals surface area (Å²) < 4.78 is 0. The van der Waals surface area contributed by atoms with Crippen LogP contribution in [0.15, 0.2) is 0 Å². The number of hydrogen-bond acceptors (Lipinski definition) is 2. The maximum atomic E-state index is 2.54. The lowest BCUT2D eigenvalue weighted by molar-refractivity contribution is 0.136. The minimum atomic E-state index is 0. The van der Waals surface area contributed by atoms with E-state index in [2.05, 4.69) is 30.7 Å². The van der Waals surface area contributed by atoms with Crippen LogP contribution in [0.25, 0.3) is 0 Å². The van der Waals surface area contributed by atoms with Crippen LogP contribution in [-0.4, -0.2) is 49.1 Å². The van der Waals surface area contributed by atoms with Gasteiger partial charge >= 0.3 is 0 Å². The van der Waals surface area contributed by atoms with Gasteiger partial charge in [0.15, 0.2) is 0 Å². The molecule has 0 N–H and O–H groups in total. The summed E-state index contributed by atoms with van der Waals surface area (Å²) in [7, 11) is 2.24. The summed E-state index contributed by atoms with van der Waals surface area (Å²) in [5.41, 5.74) is 0. The zero-order valence-electron chi connectivity index (χ0n) is 8.71. The van der Waals surface area contributed by atoms with E-state index in [0.29, 0.717) is 0 Å². The van der Waals surface area contributed by atoms with E-state index in [1.165, 1.54) is 39.0 Å². The van der Waals surface area contributed by atoms with Gasteiger partial charge in [0.1, 0.15) is 0 Å². The Bertz CT molecular complexity index is 117.